The van der Waals surface area contributed by atoms with E-state index in [4.69, 9.17) is 9.47 Å². The van der Waals surface area contributed by atoms with E-state index in [0.717, 1.165) is 11.1 Å². The van der Waals surface area contributed by atoms with Crippen LogP contribution >= 0.6 is 0 Å². The van der Waals surface area contributed by atoms with Gasteiger partial charge in [0.25, 0.3) is 5.91 Å². The highest BCUT2D eigenvalue weighted by atomic mass is 16.6. The Morgan fingerprint density at radius 2 is 2.16 bits per heavy atom. The van der Waals surface area contributed by atoms with E-state index in [1.54, 1.807) is 18.5 Å². The number of hydrogen-bond acceptors (Lipinski definition) is 5. The van der Waals surface area contributed by atoms with Crippen molar-refractivity contribution in [2.75, 3.05) is 6.61 Å². The molecule has 6 heteroatoms. The number of amides is 1. The number of rotatable bonds is 3. The van der Waals surface area contributed by atoms with Gasteiger partial charge in [0.15, 0.2) is 11.5 Å². The van der Waals surface area contributed by atoms with Crippen molar-refractivity contribution in [2.24, 2.45) is 5.10 Å². The highest BCUT2D eigenvalue weighted by molar-refractivity contribution is 5.84. The van der Waals surface area contributed by atoms with E-state index in [0.29, 0.717) is 11.5 Å². The van der Waals surface area contributed by atoms with Crippen molar-refractivity contribution in [3.8, 4) is 11.5 Å². The smallest absolute Gasteiger partial charge is 0.284 e. The van der Waals surface area contributed by atoms with E-state index in [2.05, 4.69) is 36.3 Å². The summed E-state index contributed by atoms with van der Waals surface area (Å²) in [6, 6.07) is 9.46. The predicted octanol–water partition coefficient (Wildman–Crippen LogP) is 2.67. The van der Waals surface area contributed by atoms with Gasteiger partial charge in [-0.2, -0.15) is 5.10 Å². The lowest BCUT2D eigenvalue weighted by molar-refractivity contribution is -0.130. The highest BCUT2D eigenvalue weighted by Crippen LogP contribution is 2.36. The molecule has 1 N–H and O–H groups in total. The second-order valence-electron chi connectivity index (χ2n) is 6.85. The SMILES string of the molecule is CC(C)(C)c1ccc2c(c1)O[C@H](C(=O)N/N=C/c1cccnc1)CO2. The number of hydrogen-bond donors (Lipinski definition) is 1. The lowest BCUT2D eigenvalue weighted by Gasteiger charge is -2.27. The number of pyridine rings is 1. The second-order valence-corrected chi connectivity index (χ2v) is 6.85. The van der Waals surface area contributed by atoms with Crippen LogP contribution in [0.5, 0.6) is 11.5 Å². The van der Waals surface area contributed by atoms with Crippen LogP contribution in [0, 0.1) is 0 Å². The Morgan fingerprint density at radius 3 is 2.88 bits per heavy atom. The quantitative estimate of drug-likeness (QED) is 0.689. The van der Waals surface area contributed by atoms with Crippen molar-refractivity contribution in [3.05, 3.63) is 53.9 Å². The minimum absolute atomic E-state index is 0.0123. The number of benzene rings is 1. The largest absolute Gasteiger partial charge is 0.485 e. The van der Waals surface area contributed by atoms with E-state index >= 15 is 0 Å². The van der Waals surface area contributed by atoms with Gasteiger partial charge in [-0.1, -0.05) is 32.9 Å². The minimum Gasteiger partial charge on any atom is -0.485 e. The number of ether oxygens (including phenoxy) is 2. The molecule has 1 atom stereocenters. The number of nitrogens with one attached hydrogen (secondary N) is 1. The summed E-state index contributed by atoms with van der Waals surface area (Å²) in [5.74, 6) is 0.873. The Bertz CT molecular complexity index is 782. The van der Waals surface area contributed by atoms with Crippen LogP contribution < -0.4 is 14.9 Å². The van der Waals surface area contributed by atoms with Crippen LogP contribution in [0.3, 0.4) is 0 Å². The molecule has 0 spiro atoms. The van der Waals surface area contributed by atoms with Gasteiger partial charge in [-0.25, -0.2) is 5.43 Å². The van der Waals surface area contributed by atoms with Crippen LogP contribution in [-0.4, -0.2) is 29.8 Å². The molecule has 6 nitrogen and oxygen atoms in total. The van der Waals surface area contributed by atoms with Crippen molar-refractivity contribution < 1.29 is 14.3 Å². The van der Waals surface area contributed by atoms with Gasteiger partial charge in [-0.3, -0.25) is 9.78 Å². The molecule has 1 aromatic heterocycles. The van der Waals surface area contributed by atoms with E-state index in [-0.39, 0.29) is 17.9 Å². The summed E-state index contributed by atoms with van der Waals surface area (Å²) < 4.78 is 11.5. The van der Waals surface area contributed by atoms with Crippen molar-refractivity contribution in [3.63, 3.8) is 0 Å². The number of hydrazone groups is 1. The molecule has 0 unspecified atom stereocenters. The first-order valence-corrected chi connectivity index (χ1v) is 8.10. The monoisotopic (exact) mass is 339 g/mol. The summed E-state index contributed by atoms with van der Waals surface area (Å²) in [5.41, 5.74) is 4.37. The number of aromatic nitrogens is 1. The lowest BCUT2D eigenvalue weighted by atomic mass is 9.87. The third kappa shape index (κ3) is 4.15. The first-order chi connectivity index (χ1) is 11.9. The maximum Gasteiger partial charge on any atom is 0.284 e. The molecule has 2 aromatic rings. The van der Waals surface area contributed by atoms with Gasteiger partial charge < -0.3 is 9.47 Å². The number of nitrogens with zero attached hydrogens (tertiary/aromatic N) is 2. The third-order valence-corrected chi connectivity index (χ3v) is 3.83. The maximum atomic E-state index is 12.2. The molecule has 25 heavy (non-hydrogen) atoms. The van der Waals surface area contributed by atoms with Gasteiger partial charge in [0.2, 0.25) is 6.10 Å². The zero-order valence-electron chi connectivity index (χ0n) is 14.5. The molecule has 1 amide bonds. The summed E-state index contributed by atoms with van der Waals surface area (Å²) in [5, 5.41) is 3.93. The van der Waals surface area contributed by atoms with E-state index < -0.39 is 6.10 Å². The summed E-state index contributed by atoms with van der Waals surface area (Å²) >= 11 is 0. The molecule has 130 valence electrons. The van der Waals surface area contributed by atoms with Crippen LogP contribution in [-0.2, 0) is 10.2 Å². The molecule has 3 rings (SSSR count). The second kappa shape index (κ2) is 6.93. The molecule has 0 radical (unpaired) electrons. The fourth-order valence-corrected chi connectivity index (χ4v) is 2.36. The van der Waals surface area contributed by atoms with Gasteiger partial charge >= 0.3 is 0 Å². The van der Waals surface area contributed by atoms with Gasteiger partial charge in [-0.15, -0.1) is 0 Å². The number of fused-ring (bicyclic) bond motifs is 1. The van der Waals surface area contributed by atoms with Crippen LogP contribution in [0.1, 0.15) is 31.9 Å². The molecular weight excluding hydrogens is 318 g/mol. The predicted molar refractivity (Wildman–Crippen MR) is 95.0 cm³/mol. The first kappa shape index (κ1) is 17.0. The summed E-state index contributed by atoms with van der Waals surface area (Å²) in [6.07, 6.45) is 4.11. The summed E-state index contributed by atoms with van der Waals surface area (Å²) in [7, 11) is 0. The summed E-state index contributed by atoms with van der Waals surface area (Å²) in [6.45, 7) is 6.51. The average molecular weight is 339 g/mol. The van der Waals surface area contributed by atoms with E-state index in [9.17, 15) is 4.79 Å². The van der Waals surface area contributed by atoms with Gasteiger partial charge in [0, 0.05) is 18.0 Å². The van der Waals surface area contributed by atoms with Crippen molar-refractivity contribution in [1.29, 1.82) is 0 Å². The Morgan fingerprint density at radius 1 is 1.32 bits per heavy atom. The number of carbonyl (C=O) groups excluding carboxylic acids is 1. The topological polar surface area (TPSA) is 72.8 Å². The molecule has 0 bridgehead atoms. The number of carbonyl (C=O) groups is 1. The Balaban J connectivity index is 1.65. The first-order valence-electron chi connectivity index (χ1n) is 8.10. The van der Waals surface area contributed by atoms with Gasteiger partial charge in [0.05, 0.1) is 6.21 Å². The molecule has 0 saturated heterocycles. The zero-order valence-corrected chi connectivity index (χ0v) is 14.5. The van der Waals surface area contributed by atoms with Crippen molar-refractivity contribution in [2.45, 2.75) is 32.3 Å². The fraction of sp³-hybridized carbons (Fsp3) is 0.316. The van der Waals surface area contributed by atoms with Crippen LogP contribution in [0.2, 0.25) is 0 Å². The van der Waals surface area contributed by atoms with Crippen molar-refractivity contribution >= 4 is 12.1 Å². The average Bonchev–Trinajstić information content (AvgIpc) is 2.61. The van der Waals surface area contributed by atoms with Crippen molar-refractivity contribution in [1.82, 2.24) is 10.4 Å². The highest BCUT2D eigenvalue weighted by Gasteiger charge is 2.28. The molecule has 0 aliphatic carbocycles. The third-order valence-electron chi connectivity index (χ3n) is 3.83. The molecule has 1 aliphatic rings. The van der Waals surface area contributed by atoms with Gasteiger partial charge in [0.1, 0.15) is 6.61 Å². The van der Waals surface area contributed by atoms with Gasteiger partial charge in [-0.05, 0) is 29.2 Å². The van der Waals surface area contributed by atoms with E-state index in [1.807, 2.05) is 24.3 Å². The fourth-order valence-electron chi connectivity index (χ4n) is 2.36. The Labute approximate surface area is 146 Å². The van der Waals surface area contributed by atoms with E-state index in [1.165, 1.54) is 6.21 Å². The molecule has 2 heterocycles. The molecule has 1 aromatic carbocycles. The van der Waals surface area contributed by atoms with Crippen LogP contribution in [0.25, 0.3) is 0 Å². The molecule has 0 saturated carbocycles. The minimum atomic E-state index is -0.742. The molecule has 1 aliphatic heterocycles. The normalized spacial score (nSPS) is 16.7. The van der Waals surface area contributed by atoms with Crippen LogP contribution in [0.4, 0.5) is 0 Å². The standard InChI is InChI=1S/C19H21N3O3/c1-19(2,3)14-6-7-15-16(9-14)25-17(12-24-15)18(23)22-21-11-13-5-4-8-20-10-13/h4-11,17H,12H2,1-3H3,(H,22,23)/b21-11+/t17-/m0/s1. The molecule has 0 fully saturated rings. The zero-order chi connectivity index (χ0) is 17.9. The Kier molecular flexibility index (Phi) is 4.70. The maximum absolute atomic E-state index is 12.2. The summed E-state index contributed by atoms with van der Waals surface area (Å²) in [4.78, 5) is 16.2. The Hall–Kier alpha value is -2.89. The lowest BCUT2D eigenvalue weighted by Crippen LogP contribution is -2.42. The van der Waals surface area contributed by atoms with Crippen LogP contribution in [0.15, 0.2) is 47.8 Å². The molecular formula is C19H21N3O3.